The van der Waals surface area contributed by atoms with Crippen molar-refractivity contribution in [1.29, 1.82) is 5.26 Å². The maximum atomic E-state index is 12.3. The quantitative estimate of drug-likeness (QED) is 0.825. The molecule has 19 heavy (non-hydrogen) atoms. The number of nitrogens with zero attached hydrogens (tertiary/aromatic N) is 2. The maximum Gasteiger partial charge on any atom is 0.270 e. The van der Waals surface area contributed by atoms with Gasteiger partial charge in [-0.05, 0) is 19.1 Å². The number of rotatable bonds is 3. The van der Waals surface area contributed by atoms with E-state index in [-0.39, 0.29) is 11.9 Å². The van der Waals surface area contributed by atoms with Crippen LogP contribution in [0.3, 0.4) is 0 Å². The number of nitrogen functional groups attached to an aromatic ring is 1. The van der Waals surface area contributed by atoms with Crippen molar-refractivity contribution in [3.63, 3.8) is 0 Å². The van der Waals surface area contributed by atoms with Crippen molar-refractivity contribution < 1.29 is 4.79 Å². The maximum absolute atomic E-state index is 12.3. The molecule has 0 aliphatic carbocycles. The number of H-pyrrole nitrogens is 1. The molecule has 2 aromatic rings. The largest absolute Gasteiger partial charge is 0.397 e. The number of aromatic amines is 1. The number of carbonyl (C=O) groups excluding carboxylic acids is 1. The lowest BCUT2D eigenvalue weighted by molar-refractivity contribution is 0.0741. The Bertz CT molecular complexity index is 653. The summed E-state index contributed by atoms with van der Waals surface area (Å²) >= 11 is 0. The van der Waals surface area contributed by atoms with Gasteiger partial charge in [0.25, 0.3) is 5.91 Å². The van der Waals surface area contributed by atoms with Crippen LogP contribution in [0.4, 0.5) is 5.69 Å². The molecule has 0 saturated heterocycles. The van der Waals surface area contributed by atoms with Gasteiger partial charge in [-0.15, -0.1) is 0 Å². The van der Waals surface area contributed by atoms with Crippen LogP contribution in [0.2, 0.25) is 0 Å². The first-order chi connectivity index (χ1) is 9.04. The number of aromatic nitrogens is 1. The van der Waals surface area contributed by atoms with Gasteiger partial charge >= 0.3 is 0 Å². The number of carbonyl (C=O) groups is 1. The molecule has 1 heterocycles. The van der Waals surface area contributed by atoms with Gasteiger partial charge in [0.2, 0.25) is 0 Å². The van der Waals surface area contributed by atoms with E-state index in [9.17, 15) is 4.79 Å². The van der Waals surface area contributed by atoms with Crippen molar-refractivity contribution in [2.75, 3.05) is 12.8 Å². The molecule has 98 valence electrons. The van der Waals surface area contributed by atoms with Gasteiger partial charge in [-0.1, -0.05) is 12.1 Å². The van der Waals surface area contributed by atoms with E-state index in [1.54, 1.807) is 24.1 Å². The van der Waals surface area contributed by atoms with E-state index < -0.39 is 0 Å². The summed E-state index contributed by atoms with van der Waals surface area (Å²) in [7, 11) is 1.69. The van der Waals surface area contributed by atoms with E-state index in [2.05, 4.69) is 11.1 Å². The highest BCUT2D eigenvalue weighted by Gasteiger charge is 2.19. The van der Waals surface area contributed by atoms with E-state index in [1.165, 1.54) is 0 Å². The van der Waals surface area contributed by atoms with Crippen molar-refractivity contribution in [3.8, 4) is 6.07 Å². The summed E-state index contributed by atoms with van der Waals surface area (Å²) in [4.78, 5) is 16.9. The number of hydrogen-bond donors (Lipinski definition) is 2. The molecule has 2 rings (SSSR count). The van der Waals surface area contributed by atoms with Crippen LogP contribution in [0.1, 0.15) is 23.8 Å². The van der Waals surface area contributed by atoms with Crippen LogP contribution >= 0.6 is 0 Å². The predicted octanol–water partition coefficient (Wildman–Crippen LogP) is 2.12. The lowest BCUT2D eigenvalue weighted by atomic mass is 10.2. The fraction of sp³-hybridized carbons (Fsp3) is 0.286. The summed E-state index contributed by atoms with van der Waals surface area (Å²) in [6.45, 7) is 1.85. The van der Waals surface area contributed by atoms with Crippen LogP contribution < -0.4 is 5.73 Å². The molecule has 0 radical (unpaired) electrons. The monoisotopic (exact) mass is 256 g/mol. The second-order valence-electron chi connectivity index (χ2n) is 4.62. The normalized spacial score (nSPS) is 12.1. The minimum Gasteiger partial charge on any atom is -0.397 e. The number of nitriles is 1. The summed E-state index contributed by atoms with van der Waals surface area (Å²) in [6.07, 6.45) is 0.310. The van der Waals surface area contributed by atoms with E-state index in [0.29, 0.717) is 17.8 Å². The molecule has 5 nitrogen and oxygen atoms in total. The summed E-state index contributed by atoms with van der Waals surface area (Å²) in [5.74, 6) is -0.140. The average Bonchev–Trinajstić information content (AvgIpc) is 2.82. The molecule has 0 saturated carbocycles. The van der Waals surface area contributed by atoms with Crippen LogP contribution in [-0.4, -0.2) is 28.9 Å². The molecule has 1 amide bonds. The van der Waals surface area contributed by atoms with Gasteiger partial charge in [-0.3, -0.25) is 4.79 Å². The number of hydrogen-bond acceptors (Lipinski definition) is 3. The fourth-order valence-electron chi connectivity index (χ4n) is 1.95. The molecular formula is C14H16N4O. The smallest absolute Gasteiger partial charge is 0.270 e. The fourth-order valence-corrected chi connectivity index (χ4v) is 1.95. The Kier molecular flexibility index (Phi) is 3.43. The van der Waals surface area contributed by atoms with Gasteiger partial charge in [0.05, 0.1) is 23.7 Å². The van der Waals surface area contributed by atoms with Crippen molar-refractivity contribution in [1.82, 2.24) is 9.88 Å². The number of para-hydroxylation sites is 1. The molecule has 0 spiro atoms. The first kappa shape index (κ1) is 13.0. The van der Waals surface area contributed by atoms with E-state index in [4.69, 9.17) is 11.0 Å². The second-order valence-corrected chi connectivity index (χ2v) is 4.62. The SMILES string of the molecule is CC(CC#N)N(C)C(=O)c1cc2cccc(N)c2[nH]1. The molecule has 3 N–H and O–H groups in total. The molecule has 1 atom stereocenters. The third kappa shape index (κ3) is 2.38. The van der Waals surface area contributed by atoms with Gasteiger partial charge < -0.3 is 15.6 Å². The molecule has 0 aliphatic rings. The third-order valence-corrected chi connectivity index (χ3v) is 3.29. The third-order valence-electron chi connectivity index (χ3n) is 3.29. The molecule has 5 heteroatoms. The van der Waals surface area contributed by atoms with E-state index in [0.717, 1.165) is 10.9 Å². The van der Waals surface area contributed by atoms with Gasteiger partial charge in [0.15, 0.2) is 0 Å². The number of benzene rings is 1. The lowest BCUT2D eigenvalue weighted by Gasteiger charge is -2.22. The zero-order valence-electron chi connectivity index (χ0n) is 11.0. The van der Waals surface area contributed by atoms with Crippen molar-refractivity contribution in [3.05, 3.63) is 30.0 Å². The average molecular weight is 256 g/mol. The second kappa shape index (κ2) is 5.02. The van der Waals surface area contributed by atoms with Crippen molar-refractivity contribution in [2.24, 2.45) is 0 Å². The number of anilines is 1. The van der Waals surface area contributed by atoms with Gasteiger partial charge in [0.1, 0.15) is 5.69 Å². The van der Waals surface area contributed by atoms with E-state index in [1.807, 2.05) is 19.1 Å². The predicted molar refractivity (Wildman–Crippen MR) is 74.5 cm³/mol. The van der Waals surface area contributed by atoms with Crippen LogP contribution in [0.5, 0.6) is 0 Å². The lowest BCUT2D eigenvalue weighted by Crippen LogP contribution is -2.35. The Morgan fingerprint density at radius 2 is 2.32 bits per heavy atom. The van der Waals surface area contributed by atoms with Crippen molar-refractivity contribution in [2.45, 2.75) is 19.4 Å². The topological polar surface area (TPSA) is 85.9 Å². The number of amides is 1. The molecule has 0 aliphatic heterocycles. The Morgan fingerprint density at radius 3 is 2.95 bits per heavy atom. The van der Waals surface area contributed by atoms with Crippen molar-refractivity contribution >= 4 is 22.5 Å². The minimum atomic E-state index is -0.140. The van der Waals surface area contributed by atoms with Crippen LogP contribution in [0.15, 0.2) is 24.3 Å². The summed E-state index contributed by atoms with van der Waals surface area (Å²) in [6, 6.07) is 9.26. The Hall–Kier alpha value is -2.48. The van der Waals surface area contributed by atoms with Crippen LogP contribution in [0.25, 0.3) is 10.9 Å². The Labute approximate surface area is 111 Å². The molecule has 1 aromatic heterocycles. The Balaban J connectivity index is 2.32. The Morgan fingerprint density at radius 1 is 1.58 bits per heavy atom. The van der Waals surface area contributed by atoms with Gasteiger partial charge in [-0.2, -0.15) is 5.26 Å². The number of nitrogens with two attached hydrogens (primary N) is 1. The van der Waals surface area contributed by atoms with Crippen LogP contribution in [0, 0.1) is 11.3 Å². The molecule has 1 unspecified atom stereocenters. The highest BCUT2D eigenvalue weighted by molar-refractivity contribution is 6.00. The first-order valence-corrected chi connectivity index (χ1v) is 6.06. The highest BCUT2D eigenvalue weighted by atomic mass is 16.2. The van der Waals surface area contributed by atoms with Gasteiger partial charge in [0, 0.05) is 18.5 Å². The number of fused-ring (bicyclic) bond motifs is 1. The van der Waals surface area contributed by atoms with Crippen LogP contribution in [-0.2, 0) is 0 Å². The summed E-state index contributed by atoms with van der Waals surface area (Å²) in [5.41, 5.74) is 7.73. The summed E-state index contributed by atoms with van der Waals surface area (Å²) < 4.78 is 0. The first-order valence-electron chi connectivity index (χ1n) is 6.06. The molecular weight excluding hydrogens is 240 g/mol. The molecule has 0 bridgehead atoms. The molecule has 1 aromatic carbocycles. The highest BCUT2D eigenvalue weighted by Crippen LogP contribution is 2.22. The molecule has 0 fully saturated rings. The van der Waals surface area contributed by atoms with E-state index >= 15 is 0 Å². The summed E-state index contributed by atoms with van der Waals surface area (Å²) in [5, 5.41) is 9.58. The standard InChI is InChI=1S/C14H16N4O/c1-9(6-7-15)18(2)14(19)12-8-10-4-3-5-11(16)13(10)17-12/h3-5,8-9,17H,6,16H2,1-2H3. The zero-order valence-corrected chi connectivity index (χ0v) is 11.0. The van der Waals surface area contributed by atoms with Gasteiger partial charge in [-0.25, -0.2) is 0 Å². The zero-order chi connectivity index (χ0) is 14.0. The number of nitrogens with one attached hydrogen (secondary N) is 1. The minimum absolute atomic E-state index is 0.124.